The Kier molecular flexibility index (Phi) is 2.40. The Hall–Kier alpha value is -2.54. The maximum absolute atomic E-state index is 3.62. The monoisotopic (exact) mass is 297 g/mol. The van der Waals surface area contributed by atoms with Crippen LogP contribution < -0.4 is 0 Å². The Bertz CT molecular complexity index is 1010. The molecule has 1 heterocycles. The van der Waals surface area contributed by atoms with E-state index in [-0.39, 0.29) is 5.41 Å². The highest BCUT2D eigenvalue weighted by molar-refractivity contribution is 5.98. The summed E-state index contributed by atoms with van der Waals surface area (Å²) in [5.41, 5.74) is 9.55. The lowest BCUT2D eigenvalue weighted by molar-refractivity contribution is 0.633. The van der Waals surface area contributed by atoms with Crippen molar-refractivity contribution >= 4 is 23.1 Å². The lowest BCUT2D eigenvalue weighted by Gasteiger charge is -2.12. The predicted molar refractivity (Wildman–Crippen MR) is 98.4 cm³/mol. The molecule has 2 aliphatic rings. The zero-order valence-corrected chi connectivity index (χ0v) is 13.5. The van der Waals surface area contributed by atoms with Gasteiger partial charge < -0.3 is 4.98 Å². The highest BCUT2D eigenvalue weighted by atomic mass is 14.7. The molecule has 1 nitrogen and oxygen atoms in total. The zero-order valence-electron chi connectivity index (χ0n) is 13.5. The van der Waals surface area contributed by atoms with Gasteiger partial charge in [0, 0.05) is 27.6 Å². The van der Waals surface area contributed by atoms with Gasteiger partial charge in [-0.25, -0.2) is 0 Å². The quantitative estimate of drug-likeness (QED) is 0.422. The van der Waals surface area contributed by atoms with Gasteiger partial charge in [-0.3, -0.25) is 0 Å². The molecule has 23 heavy (non-hydrogen) atoms. The topological polar surface area (TPSA) is 15.8 Å². The molecule has 1 heteroatoms. The molecule has 0 amide bonds. The van der Waals surface area contributed by atoms with E-state index in [0.717, 1.165) is 6.42 Å². The first kappa shape index (κ1) is 13.0. The van der Waals surface area contributed by atoms with Crippen molar-refractivity contribution in [1.82, 2.24) is 4.98 Å². The number of aromatic nitrogens is 1. The molecule has 5 rings (SSSR count). The van der Waals surface area contributed by atoms with Crippen LogP contribution >= 0.6 is 0 Å². The van der Waals surface area contributed by atoms with Crippen molar-refractivity contribution in [1.29, 1.82) is 0 Å². The molecule has 0 radical (unpaired) electrons. The maximum atomic E-state index is 3.62. The van der Waals surface area contributed by atoms with Crippen LogP contribution in [0.5, 0.6) is 0 Å². The van der Waals surface area contributed by atoms with Gasteiger partial charge in [0.1, 0.15) is 0 Å². The molecule has 3 aromatic rings. The smallest absolute Gasteiger partial charge is 0.0471 e. The Morgan fingerprint density at radius 3 is 2.65 bits per heavy atom. The van der Waals surface area contributed by atoms with Gasteiger partial charge in [-0.1, -0.05) is 56.3 Å². The van der Waals surface area contributed by atoms with Gasteiger partial charge in [0.2, 0.25) is 0 Å². The molecule has 1 aromatic heterocycles. The average molecular weight is 297 g/mol. The number of benzene rings is 2. The van der Waals surface area contributed by atoms with E-state index >= 15 is 0 Å². The van der Waals surface area contributed by atoms with Gasteiger partial charge >= 0.3 is 0 Å². The number of fused-ring (bicyclic) bond motifs is 6. The summed E-state index contributed by atoms with van der Waals surface area (Å²) in [7, 11) is 0. The summed E-state index contributed by atoms with van der Waals surface area (Å²) < 4.78 is 0. The van der Waals surface area contributed by atoms with E-state index in [1.54, 1.807) is 0 Å². The van der Waals surface area contributed by atoms with Crippen LogP contribution in [-0.4, -0.2) is 4.98 Å². The molecule has 2 aliphatic carbocycles. The number of nitrogens with one attached hydrogen (secondary N) is 1. The number of rotatable bonds is 0. The third kappa shape index (κ3) is 1.86. The second-order valence-electron chi connectivity index (χ2n) is 7.33. The summed E-state index contributed by atoms with van der Waals surface area (Å²) in [6, 6.07) is 13.5. The molecule has 1 N–H and O–H groups in total. The van der Waals surface area contributed by atoms with E-state index in [1.165, 1.54) is 44.4 Å². The normalized spacial score (nSPS) is 17.0. The second-order valence-corrected chi connectivity index (χ2v) is 7.33. The average Bonchev–Trinajstić information content (AvgIpc) is 3.01. The standard InChI is InChI=1S/C22H19N/c1-22(2)9-7-17-19-12-15-11-14-5-3-4-6-16(14)18(15)13-21(19)23-20(17)8-10-22/h3-10,12-13,23H,11H2,1-2H3. The minimum absolute atomic E-state index is 0.110. The summed E-state index contributed by atoms with van der Waals surface area (Å²) in [6.07, 6.45) is 10.1. The van der Waals surface area contributed by atoms with E-state index in [0.29, 0.717) is 0 Å². The van der Waals surface area contributed by atoms with Crippen molar-refractivity contribution in [2.45, 2.75) is 20.3 Å². The highest BCUT2D eigenvalue weighted by Gasteiger charge is 2.21. The van der Waals surface area contributed by atoms with E-state index in [2.05, 4.69) is 79.5 Å². The summed E-state index contributed by atoms with van der Waals surface area (Å²) in [5, 5.41) is 1.34. The molecule has 0 unspecified atom stereocenters. The van der Waals surface area contributed by atoms with Gasteiger partial charge in [0.15, 0.2) is 0 Å². The van der Waals surface area contributed by atoms with E-state index in [1.807, 2.05) is 0 Å². The van der Waals surface area contributed by atoms with Crippen LogP contribution in [-0.2, 0) is 6.42 Å². The van der Waals surface area contributed by atoms with Gasteiger partial charge in [0.25, 0.3) is 0 Å². The zero-order chi connectivity index (χ0) is 15.6. The van der Waals surface area contributed by atoms with Gasteiger partial charge in [0.05, 0.1) is 0 Å². The van der Waals surface area contributed by atoms with Crippen LogP contribution in [0.4, 0.5) is 0 Å². The van der Waals surface area contributed by atoms with E-state index in [9.17, 15) is 0 Å². The van der Waals surface area contributed by atoms with Crippen molar-refractivity contribution in [3.05, 3.63) is 70.9 Å². The van der Waals surface area contributed by atoms with Crippen LogP contribution in [0.2, 0.25) is 0 Å². The van der Waals surface area contributed by atoms with Crippen LogP contribution in [0.25, 0.3) is 34.2 Å². The maximum Gasteiger partial charge on any atom is 0.0471 e. The molecule has 0 saturated heterocycles. The van der Waals surface area contributed by atoms with Crippen molar-refractivity contribution in [2.75, 3.05) is 0 Å². The first-order valence-corrected chi connectivity index (χ1v) is 8.26. The van der Waals surface area contributed by atoms with Crippen LogP contribution in [0.3, 0.4) is 0 Å². The minimum atomic E-state index is 0.110. The Balaban J connectivity index is 1.76. The van der Waals surface area contributed by atoms with Crippen molar-refractivity contribution in [3.8, 4) is 11.1 Å². The molecule has 0 spiro atoms. The van der Waals surface area contributed by atoms with Crippen molar-refractivity contribution < 1.29 is 0 Å². The molecule has 0 atom stereocenters. The van der Waals surface area contributed by atoms with Gasteiger partial charge in [-0.2, -0.15) is 0 Å². The molecule has 2 aromatic carbocycles. The molecule has 112 valence electrons. The molecule has 0 saturated carbocycles. The largest absolute Gasteiger partial charge is 0.355 e. The number of hydrogen-bond donors (Lipinski definition) is 1. The fourth-order valence-corrected chi connectivity index (χ4v) is 3.83. The summed E-state index contributed by atoms with van der Waals surface area (Å²) in [4.78, 5) is 3.62. The predicted octanol–water partition coefficient (Wildman–Crippen LogP) is 5.81. The SMILES string of the molecule is CC1(C)C=Cc2[nH]c3cc4c(cc3c2C=C1)Cc1ccccc1-4. The molecule has 0 aliphatic heterocycles. The fraction of sp³-hybridized carbons (Fsp3) is 0.182. The Labute approximate surface area is 136 Å². The molecular weight excluding hydrogens is 278 g/mol. The molecular formula is C22H19N. The minimum Gasteiger partial charge on any atom is -0.355 e. The van der Waals surface area contributed by atoms with E-state index < -0.39 is 0 Å². The third-order valence-corrected chi connectivity index (χ3v) is 5.14. The molecule has 0 fully saturated rings. The third-order valence-electron chi connectivity index (χ3n) is 5.14. The number of H-pyrrole nitrogens is 1. The summed E-state index contributed by atoms with van der Waals surface area (Å²) in [6.45, 7) is 4.48. The van der Waals surface area contributed by atoms with Crippen molar-refractivity contribution in [3.63, 3.8) is 0 Å². The van der Waals surface area contributed by atoms with E-state index in [4.69, 9.17) is 0 Å². The van der Waals surface area contributed by atoms with Crippen LogP contribution in [0.15, 0.2) is 48.6 Å². The van der Waals surface area contributed by atoms with Crippen LogP contribution in [0.1, 0.15) is 36.2 Å². The number of aromatic amines is 1. The van der Waals surface area contributed by atoms with Gasteiger partial charge in [-0.15, -0.1) is 0 Å². The summed E-state index contributed by atoms with van der Waals surface area (Å²) in [5.74, 6) is 0. The van der Waals surface area contributed by atoms with Crippen LogP contribution in [0, 0.1) is 5.41 Å². The second kappa shape index (κ2) is 4.26. The molecule has 0 bridgehead atoms. The Morgan fingerprint density at radius 1 is 0.913 bits per heavy atom. The summed E-state index contributed by atoms with van der Waals surface area (Å²) >= 11 is 0. The first-order valence-electron chi connectivity index (χ1n) is 8.26. The highest BCUT2D eigenvalue weighted by Crippen LogP contribution is 2.41. The number of hydrogen-bond acceptors (Lipinski definition) is 0. The lowest BCUT2D eigenvalue weighted by Crippen LogP contribution is -2.00. The lowest BCUT2D eigenvalue weighted by atomic mass is 9.93. The van der Waals surface area contributed by atoms with Gasteiger partial charge in [-0.05, 0) is 46.9 Å². The Morgan fingerprint density at radius 2 is 1.74 bits per heavy atom. The van der Waals surface area contributed by atoms with Crippen molar-refractivity contribution in [2.24, 2.45) is 5.41 Å². The first-order chi connectivity index (χ1) is 11.1. The number of allylic oxidation sites excluding steroid dienone is 2. The fourth-order valence-electron chi connectivity index (χ4n) is 3.83.